The Morgan fingerprint density at radius 2 is 1.95 bits per heavy atom. The first-order valence-corrected chi connectivity index (χ1v) is 6.57. The minimum absolute atomic E-state index is 0.0127. The number of rotatable bonds is 10. The van der Waals surface area contributed by atoms with Crippen molar-refractivity contribution in [1.29, 1.82) is 0 Å². The van der Waals surface area contributed by atoms with E-state index in [-0.39, 0.29) is 43.5 Å². The fourth-order valence-electron chi connectivity index (χ4n) is 1.60. The molecule has 0 aromatic carbocycles. The van der Waals surface area contributed by atoms with Crippen LogP contribution in [0.1, 0.15) is 26.7 Å². The summed E-state index contributed by atoms with van der Waals surface area (Å²) in [7, 11) is 1.53. The Morgan fingerprint density at radius 3 is 2.45 bits per heavy atom. The molecule has 0 spiro atoms. The van der Waals surface area contributed by atoms with Crippen LogP contribution in [0.25, 0.3) is 0 Å². The van der Waals surface area contributed by atoms with E-state index >= 15 is 0 Å². The normalized spacial score (nSPS) is 11.8. The van der Waals surface area contributed by atoms with Crippen molar-refractivity contribution in [2.75, 3.05) is 33.4 Å². The van der Waals surface area contributed by atoms with Crippen LogP contribution in [0.15, 0.2) is 0 Å². The number of hydrogen-bond acceptors (Lipinski definition) is 5. The van der Waals surface area contributed by atoms with Gasteiger partial charge >= 0.3 is 0 Å². The van der Waals surface area contributed by atoms with Crippen LogP contribution < -0.4 is 5.32 Å². The summed E-state index contributed by atoms with van der Waals surface area (Å²) in [6, 6.07) is 0. The number of nitrogens with one attached hydrogen (secondary N) is 1. The van der Waals surface area contributed by atoms with Crippen molar-refractivity contribution in [1.82, 2.24) is 10.2 Å². The molecule has 116 valence electrons. The van der Waals surface area contributed by atoms with Gasteiger partial charge in [0.1, 0.15) is 5.78 Å². The minimum atomic E-state index is -0.714. The summed E-state index contributed by atoms with van der Waals surface area (Å²) in [5.74, 6) is -0.721. The first-order valence-electron chi connectivity index (χ1n) is 6.57. The number of hydrogen-bond donors (Lipinski definition) is 2. The number of ketones is 1. The number of Topliss-reactive ketones (excluding diaryl/α,β-unsaturated/α-hetero) is 1. The van der Waals surface area contributed by atoms with E-state index in [1.54, 1.807) is 0 Å². The lowest BCUT2D eigenvalue weighted by atomic mass is 10.2. The molecule has 1 unspecified atom stereocenters. The zero-order valence-electron chi connectivity index (χ0n) is 12.3. The molecule has 0 bridgehead atoms. The molecule has 0 fully saturated rings. The SMILES string of the molecule is COCCNC(=O)CCC(=O)N(CC(C)=O)CC(C)O. The standard InChI is InChI=1S/C13H24N2O5/c1-10(16)8-15(9-11(2)17)13(19)5-4-12(18)14-6-7-20-3/h10,16H,4-9H2,1-3H3,(H,14,18). The van der Waals surface area contributed by atoms with Crippen LogP contribution in [0.4, 0.5) is 0 Å². The Bertz CT molecular complexity index is 331. The van der Waals surface area contributed by atoms with Gasteiger partial charge in [-0.15, -0.1) is 0 Å². The molecule has 7 heteroatoms. The van der Waals surface area contributed by atoms with Crippen molar-refractivity contribution in [2.24, 2.45) is 0 Å². The first kappa shape index (κ1) is 18.5. The second kappa shape index (κ2) is 10.3. The average molecular weight is 288 g/mol. The van der Waals surface area contributed by atoms with E-state index in [2.05, 4.69) is 5.32 Å². The minimum Gasteiger partial charge on any atom is -0.392 e. The molecule has 0 aliphatic carbocycles. The average Bonchev–Trinajstić information content (AvgIpc) is 2.34. The third-order valence-corrected chi connectivity index (χ3v) is 2.45. The van der Waals surface area contributed by atoms with Crippen LogP contribution >= 0.6 is 0 Å². The molecule has 0 aliphatic rings. The molecular formula is C13H24N2O5. The molecular weight excluding hydrogens is 264 g/mol. The molecule has 7 nitrogen and oxygen atoms in total. The lowest BCUT2D eigenvalue weighted by Crippen LogP contribution is -2.40. The Labute approximate surface area is 119 Å². The van der Waals surface area contributed by atoms with Gasteiger partial charge in [-0.25, -0.2) is 0 Å². The number of methoxy groups -OCH3 is 1. The zero-order chi connectivity index (χ0) is 15.5. The van der Waals surface area contributed by atoms with E-state index in [4.69, 9.17) is 4.74 Å². The smallest absolute Gasteiger partial charge is 0.223 e. The van der Waals surface area contributed by atoms with Crippen molar-refractivity contribution < 1.29 is 24.2 Å². The monoisotopic (exact) mass is 288 g/mol. The van der Waals surface area contributed by atoms with Gasteiger partial charge in [-0.3, -0.25) is 14.4 Å². The highest BCUT2D eigenvalue weighted by atomic mass is 16.5. The predicted molar refractivity (Wildman–Crippen MR) is 73.1 cm³/mol. The highest BCUT2D eigenvalue weighted by molar-refractivity contribution is 5.87. The van der Waals surface area contributed by atoms with E-state index in [1.165, 1.54) is 25.9 Å². The number of carbonyl (C=O) groups is 3. The van der Waals surface area contributed by atoms with Gasteiger partial charge in [-0.1, -0.05) is 0 Å². The van der Waals surface area contributed by atoms with Crippen molar-refractivity contribution in [3.05, 3.63) is 0 Å². The van der Waals surface area contributed by atoms with Gasteiger partial charge in [-0.2, -0.15) is 0 Å². The second-order valence-electron chi connectivity index (χ2n) is 4.67. The summed E-state index contributed by atoms with van der Waals surface area (Å²) in [6.45, 7) is 3.77. The molecule has 0 rings (SSSR count). The molecule has 0 aromatic rings. The van der Waals surface area contributed by atoms with Gasteiger partial charge < -0.3 is 20.1 Å². The molecule has 1 atom stereocenters. The van der Waals surface area contributed by atoms with Gasteiger partial charge in [0.25, 0.3) is 0 Å². The Hall–Kier alpha value is -1.47. The quantitative estimate of drug-likeness (QED) is 0.520. The van der Waals surface area contributed by atoms with Crippen molar-refractivity contribution in [3.63, 3.8) is 0 Å². The zero-order valence-corrected chi connectivity index (χ0v) is 12.3. The number of ether oxygens (including phenoxy) is 1. The van der Waals surface area contributed by atoms with Crippen molar-refractivity contribution >= 4 is 17.6 Å². The van der Waals surface area contributed by atoms with E-state index < -0.39 is 6.10 Å². The summed E-state index contributed by atoms with van der Waals surface area (Å²) < 4.78 is 4.79. The van der Waals surface area contributed by atoms with E-state index in [1.807, 2.05) is 0 Å². The van der Waals surface area contributed by atoms with Crippen molar-refractivity contribution in [2.45, 2.75) is 32.8 Å². The maximum absolute atomic E-state index is 11.9. The highest BCUT2D eigenvalue weighted by Gasteiger charge is 2.18. The largest absolute Gasteiger partial charge is 0.392 e. The van der Waals surface area contributed by atoms with Crippen LogP contribution in [0, 0.1) is 0 Å². The van der Waals surface area contributed by atoms with Crippen molar-refractivity contribution in [3.8, 4) is 0 Å². The van der Waals surface area contributed by atoms with Gasteiger partial charge in [0.15, 0.2) is 0 Å². The topological polar surface area (TPSA) is 95.9 Å². The number of amides is 2. The Kier molecular flexibility index (Phi) is 9.57. The predicted octanol–water partition coefficient (Wildman–Crippen LogP) is -0.672. The van der Waals surface area contributed by atoms with Crippen LogP contribution in [0.5, 0.6) is 0 Å². The summed E-state index contributed by atoms with van der Waals surface area (Å²) in [5.41, 5.74) is 0. The summed E-state index contributed by atoms with van der Waals surface area (Å²) in [4.78, 5) is 35.7. The third-order valence-electron chi connectivity index (χ3n) is 2.45. The molecule has 0 saturated heterocycles. The Morgan fingerprint density at radius 1 is 1.30 bits per heavy atom. The number of carbonyl (C=O) groups excluding carboxylic acids is 3. The fourth-order valence-corrected chi connectivity index (χ4v) is 1.60. The van der Waals surface area contributed by atoms with Crippen LogP contribution in [0.3, 0.4) is 0 Å². The molecule has 20 heavy (non-hydrogen) atoms. The number of aliphatic hydroxyl groups is 1. The summed E-state index contributed by atoms with van der Waals surface area (Å²) in [5, 5.41) is 11.9. The molecule has 0 aromatic heterocycles. The molecule has 0 saturated carbocycles. The van der Waals surface area contributed by atoms with E-state index in [9.17, 15) is 19.5 Å². The summed E-state index contributed by atoms with van der Waals surface area (Å²) >= 11 is 0. The van der Waals surface area contributed by atoms with E-state index in [0.717, 1.165) is 0 Å². The molecule has 0 heterocycles. The third kappa shape index (κ3) is 9.46. The second-order valence-corrected chi connectivity index (χ2v) is 4.67. The van der Waals surface area contributed by atoms with Gasteiger partial charge in [0.05, 0.1) is 19.3 Å². The summed E-state index contributed by atoms with van der Waals surface area (Å²) in [6.07, 6.45) is -0.649. The van der Waals surface area contributed by atoms with E-state index in [0.29, 0.717) is 13.2 Å². The maximum Gasteiger partial charge on any atom is 0.223 e. The molecule has 0 aliphatic heterocycles. The molecule has 2 N–H and O–H groups in total. The Balaban J connectivity index is 4.17. The van der Waals surface area contributed by atoms with Crippen LogP contribution in [0.2, 0.25) is 0 Å². The molecule has 0 radical (unpaired) electrons. The number of nitrogens with zero attached hydrogens (tertiary/aromatic N) is 1. The lowest BCUT2D eigenvalue weighted by molar-refractivity contribution is -0.137. The number of aliphatic hydroxyl groups excluding tert-OH is 1. The van der Waals surface area contributed by atoms with Gasteiger partial charge in [-0.05, 0) is 13.8 Å². The highest BCUT2D eigenvalue weighted by Crippen LogP contribution is 2.01. The van der Waals surface area contributed by atoms with Crippen LogP contribution in [-0.4, -0.2) is 67.1 Å². The van der Waals surface area contributed by atoms with Crippen LogP contribution in [-0.2, 0) is 19.1 Å². The lowest BCUT2D eigenvalue weighted by Gasteiger charge is -2.22. The first-order chi connectivity index (χ1) is 9.36. The maximum atomic E-state index is 11.9. The fraction of sp³-hybridized carbons (Fsp3) is 0.769. The van der Waals surface area contributed by atoms with Gasteiger partial charge in [0, 0.05) is 33.0 Å². The van der Waals surface area contributed by atoms with Gasteiger partial charge in [0.2, 0.25) is 11.8 Å². The molecule has 2 amide bonds.